The number of allylic oxidation sites excluding steroid dienone is 2. The van der Waals surface area contributed by atoms with Crippen LogP contribution in [0.15, 0.2) is 11.6 Å². The summed E-state index contributed by atoms with van der Waals surface area (Å²) in [5, 5.41) is 9.20. The highest BCUT2D eigenvalue weighted by Crippen LogP contribution is 2.60. The lowest BCUT2D eigenvalue weighted by atomic mass is 10.0. The highest BCUT2D eigenvalue weighted by atomic mass is 19.2. The van der Waals surface area contributed by atoms with Crippen molar-refractivity contribution in [2.24, 2.45) is 23.2 Å². The van der Waals surface area contributed by atoms with E-state index in [1.54, 1.807) is 19.9 Å². The molecule has 1 saturated carbocycles. The fourth-order valence-corrected chi connectivity index (χ4v) is 3.34. The van der Waals surface area contributed by atoms with E-state index in [0.29, 0.717) is 5.57 Å². The summed E-state index contributed by atoms with van der Waals surface area (Å²) in [6.45, 7) is 5.70. The van der Waals surface area contributed by atoms with Gasteiger partial charge in [-0.15, -0.1) is 0 Å². The normalized spacial score (nSPS) is 20.5. The minimum Gasteiger partial charge on any atom is -0.460 e. The molecule has 0 amide bonds. The van der Waals surface area contributed by atoms with Gasteiger partial charge in [-0.25, -0.2) is 17.6 Å². The molecular weight excluding hydrogens is 390 g/mol. The summed E-state index contributed by atoms with van der Waals surface area (Å²) in [5.41, 5.74) is -1.86. The molecule has 2 rings (SSSR count). The van der Waals surface area contributed by atoms with Crippen LogP contribution in [0.25, 0.3) is 0 Å². The first-order chi connectivity index (χ1) is 13.5. The summed E-state index contributed by atoms with van der Waals surface area (Å²) >= 11 is 0. The molecule has 4 nitrogen and oxygen atoms in total. The molecule has 1 aliphatic carbocycles. The molecule has 0 aromatic heterocycles. The Hall–Kier alpha value is -2.40. The maximum Gasteiger partial charge on any atom is 0.310 e. The maximum absolute atomic E-state index is 14.2. The summed E-state index contributed by atoms with van der Waals surface area (Å²) in [6.07, 6.45) is 1.70. The molecule has 0 bridgehead atoms. The average molecular weight is 413 g/mol. The van der Waals surface area contributed by atoms with E-state index in [2.05, 4.69) is 10.8 Å². The fraction of sp³-hybridized carbons (Fsp3) is 0.524. The highest BCUT2D eigenvalue weighted by Gasteiger charge is 2.61. The summed E-state index contributed by atoms with van der Waals surface area (Å²) < 4.78 is 65.8. The Labute approximate surface area is 167 Å². The Morgan fingerprint density at radius 3 is 2.00 bits per heavy atom. The van der Waals surface area contributed by atoms with E-state index < -0.39 is 64.9 Å². The zero-order valence-electron chi connectivity index (χ0n) is 16.9. The largest absolute Gasteiger partial charge is 0.460 e. The number of rotatable bonds is 7. The molecule has 29 heavy (non-hydrogen) atoms. The van der Waals surface area contributed by atoms with Crippen molar-refractivity contribution in [2.45, 2.75) is 40.9 Å². The first-order valence-electron chi connectivity index (χ1n) is 9.10. The number of methoxy groups -OCH3 is 1. The van der Waals surface area contributed by atoms with Gasteiger partial charge >= 0.3 is 5.97 Å². The number of halogens is 4. The number of carbonyl (C=O) groups is 1. The monoisotopic (exact) mass is 413 g/mol. The summed E-state index contributed by atoms with van der Waals surface area (Å²) in [5.74, 6) is -8.09. The second kappa shape index (κ2) is 8.54. The molecule has 1 fully saturated rings. The summed E-state index contributed by atoms with van der Waals surface area (Å²) in [7, 11) is 1.13. The van der Waals surface area contributed by atoms with Gasteiger partial charge in [0, 0.05) is 12.7 Å². The van der Waals surface area contributed by atoms with Crippen LogP contribution < -0.4 is 0 Å². The molecule has 0 spiro atoms. The van der Waals surface area contributed by atoms with Gasteiger partial charge in [0.15, 0.2) is 23.3 Å². The van der Waals surface area contributed by atoms with Gasteiger partial charge in [0.1, 0.15) is 6.61 Å². The van der Waals surface area contributed by atoms with Crippen LogP contribution in [-0.2, 0) is 27.5 Å². The number of benzene rings is 1. The van der Waals surface area contributed by atoms with Crippen molar-refractivity contribution in [3.8, 4) is 6.07 Å². The average Bonchev–Trinajstić information content (AvgIpc) is 3.21. The number of hydrogen-bond acceptors (Lipinski definition) is 4. The van der Waals surface area contributed by atoms with Gasteiger partial charge in [-0.05, 0) is 17.3 Å². The van der Waals surface area contributed by atoms with Crippen molar-refractivity contribution in [2.75, 3.05) is 7.11 Å². The molecule has 1 aromatic carbocycles. The van der Waals surface area contributed by atoms with Crippen molar-refractivity contribution in [3.05, 3.63) is 46.0 Å². The van der Waals surface area contributed by atoms with Crippen LogP contribution in [0.5, 0.6) is 0 Å². The van der Waals surface area contributed by atoms with Crippen LogP contribution in [0.3, 0.4) is 0 Å². The van der Waals surface area contributed by atoms with Gasteiger partial charge in [0.2, 0.25) is 0 Å². The zero-order valence-corrected chi connectivity index (χ0v) is 16.9. The lowest BCUT2D eigenvalue weighted by Crippen LogP contribution is -2.15. The van der Waals surface area contributed by atoms with E-state index in [0.717, 1.165) is 7.11 Å². The third kappa shape index (κ3) is 4.30. The molecule has 2 atom stereocenters. The van der Waals surface area contributed by atoms with Crippen LogP contribution >= 0.6 is 0 Å². The molecular formula is C21H23F4NO3. The van der Waals surface area contributed by atoms with Crippen LogP contribution in [0.4, 0.5) is 17.6 Å². The van der Waals surface area contributed by atoms with Gasteiger partial charge in [0.25, 0.3) is 0 Å². The van der Waals surface area contributed by atoms with Gasteiger partial charge < -0.3 is 9.47 Å². The molecule has 0 aliphatic heterocycles. The Bertz CT molecular complexity index is 858. The lowest BCUT2D eigenvalue weighted by Gasteiger charge is -2.12. The molecule has 8 heteroatoms. The molecule has 1 aromatic rings. The maximum atomic E-state index is 14.2. The SMILES string of the molecule is COCc1c(F)c(F)c(COC(=O)[C@@H]2[C@@H](/C=C(\C#N)C(C)C)C2(C)C)c(F)c1F. The van der Waals surface area contributed by atoms with E-state index >= 15 is 0 Å². The predicted molar refractivity (Wildman–Crippen MR) is 96.1 cm³/mol. The third-order valence-electron chi connectivity index (χ3n) is 5.37. The van der Waals surface area contributed by atoms with Gasteiger partial charge in [0.05, 0.1) is 29.7 Å². The second-order valence-corrected chi connectivity index (χ2v) is 7.97. The summed E-state index contributed by atoms with van der Waals surface area (Å²) in [6, 6.07) is 2.09. The van der Waals surface area contributed by atoms with E-state index in [1.165, 1.54) is 0 Å². The molecule has 0 N–H and O–H groups in total. The number of ether oxygens (including phenoxy) is 2. The zero-order chi connectivity index (χ0) is 22.1. The van der Waals surface area contributed by atoms with Gasteiger partial charge in [-0.3, -0.25) is 4.79 Å². The Balaban J connectivity index is 2.19. The van der Waals surface area contributed by atoms with Crippen molar-refractivity contribution in [3.63, 3.8) is 0 Å². The third-order valence-corrected chi connectivity index (χ3v) is 5.37. The van der Waals surface area contributed by atoms with Crippen molar-refractivity contribution >= 4 is 5.97 Å². The van der Waals surface area contributed by atoms with Crippen molar-refractivity contribution in [1.82, 2.24) is 0 Å². The molecule has 0 unspecified atom stereocenters. The quantitative estimate of drug-likeness (QED) is 0.279. The smallest absolute Gasteiger partial charge is 0.310 e. The van der Waals surface area contributed by atoms with Crippen molar-refractivity contribution in [1.29, 1.82) is 5.26 Å². The predicted octanol–water partition coefficient (Wildman–Crippen LogP) is 4.81. The molecule has 0 saturated heterocycles. The van der Waals surface area contributed by atoms with E-state index in [9.17, 15) is 27.6 Å². The van der Waals surface area contributed by atoms with Crippen LogP contribution in [0, 0.1) is 57.8 Å². The fourth-order valence-electron chi connectivity index (χ4n) is 3.34. The number of nitrogens with zero attached hydrogens (tertiary/aromatic N) is 1. The van der Waals surface area contributed by atoms with Gasteiger partial charge in [-0.2, -0.15) is 5.26 Å². The van der Waals surface area contributed by atoms with Crippen LogP contribution in [0.2, 0.25) is 0 Å². The van der Waals surface area contributed by atoms with Crippen molar-refractivity contribution < 1.29 is 31.8 Å². The number of nitriles is 1. The van der Waals surface area contributed by atoms with E-state index in [1.807, 2.05) is 13.8 Å². The lowest BCUT2D eigenvalue weighted by molar-refractivity contribution is -0.147. The van der Waals surface area contributed by atoms with E-state index in [-0.39, 0.29) is 11.8 Å². The number of carbonyl (C=O) groups excluding carboxylic acids is 1. The number of hydrogen-bond donors (Lipinski definition) is 0. The summed E-state index contributed by atoms with van der Waals surface area (Å²) in [4.78, 5) is 12.4. The molecule has 1 aliphatic rings. The van der Waals surface area contributed by atoms with Crippen LogP contribution in [0.1, 0.15) is 38.8 Å². The van der Waals surface area contributed by atoms with Crippen LogP contribution in [-0.4, -0.2) is 13.1 Å². The van der Waals surface area contributed by atoms with E-state index in [4.69, 9.17) is 4.74 Å². The first kappa shape index (κ1) is 22.9. The Morgan fingerprint density at radius 1 is 1.10 bits per heavy atom. The minimum atomic E-state index is -1.62. The Kier molecular flexibility index (Phi) is 6.74. The standard InChI is InChI=1S/C21H23F4NO3/c1-10(2)11(7-26)6-14-15(21(14,3)4)20(27)29-9-13-18(24)16(22)12(8-28-5)17(23)19(13)25/h6,10,14-15H,8-9H2,1-5H3/b11-6+/t14-,15+/m1/s1. The topological polar surface area (TPSA) is 59.3 Å². The first-order valence-corrected chi connectivity index (χ1v) is 9.10. The Morgan fingerprint density at radius 2 is 1.59 bits per heavy atom. The molecule has 0 radical (unpaired) electrons. The number of esters is 1. The second-order valence-electron chi connectivity index (χ2n) is 7.97. The van der Waals surface area contributed by atoms with Gasteiger partial charge in [-0.1, -0.05) is 33.8 Å². The molecule has 158 valence electrons. The molecule has 0 heterocycles. The minimum absolute atomic E-state index is 0.0205. The highest BCUT2D eigenvalue weighted by molar-refractivity contribution is 5.78.